The molecule has 0 aliphatic rings. The Morgan fingerprint density at radius 2 is 2.09 bits per heavy atom. The van der Waals surface area contributed by atoms with E-state index < -0.39 is 0 Å². The van der Waals surface area contributed by atoms with E-state index >= 15 is 0 Å². The number of amides is 3. The lowest BCUT2D eigenvalue weighted by Gasteiger charge is -2.14. The van der Waals surface area contributed by atoms with Crippen molar-refractivity contribution in [1.29, 1.82) is 0 Å². The van der Waals surface area contributed by atoms with Crippen molar-refractivity contribution >= 4 is 17.6 Å². The van der Waals surface area contributed by atoms with E-state index in [4.69, 9.17) is 10.5 Å². The highest BCUT2D eigenvalue weighted by Crippen LogP contribution is 2.26. The van der Waals surface area contributed by atoms with E-state index in [9.17, 15) is 9.59 Å². The molecule has 0 fully saturated rings. The van der Waals surface area contributed by atoms with E-state index in [1.54, 1.807) is 13.1 Å². The number of nitrogens with two attached hydrogens (primary N) is 1. The average Bonchev–Trinajstić information content (AvgIpc) is 2.49. The lowest BCUT2D eigenvalue weighted by molar-refractivity contribution is -0.118. The molecule has 5 N–H and O–H groups in total. The van der Waals surface area contributed by atoms with Crippen LogP contribution in [0, 0.1) is 0 Å². The number of rotatable bonds is 8. The number of ether oxygens (including phenoxy) is 1. The summed E-state index contributed by atoms with van der Waals surface area (Å²) in [5, 5.41) is 7.95. The molecule has 0 radical (unpaired) electrons. The molecule has 3 amide bonds. The first-order valence-corrected chi connectivity index (χ1v) is 7.25. The van der Waals surface area contributed by atoms with Crippen molar-refractivity contribution in [2.24, 2.45) is 5.73 Å². The third-order valence-corrected chi connectivity index (χ3v) is 2.91. The van der Waals surface area contributed by atoms with Crippen molar-refractivity contribution in [2.75, 3.05) is 32.1 Å². The van der Waals surface area contributed by atoms with Gasteiger partial charge >= 0.3 is 6.03 Å². The monoisotopic (exact) mass is 308 g/mol. The van der Waals surface area contributed by atoms with Gasteiger partial charge < -0.3 is 26.4 Å². The summed E-state index contributed by atoms with van der Waals surface area (Å²) in [6.07, 6.45) is 1.42. The zero-order chi connectivity index (χ0) is 16.4. The third-order valence-electron chi connectivity index (χ3n) is 2.91. The fourth-order valence-electron chi connectivity index (χ4n) is 1.78. The number of carbonyl (C=O) groups excluding carboxylic acids is 2. The summed E-state index contributed by atoms with van der Waals surface area (Å²) in [5.74, 6) is 0.537. The third kappa shape index (κ3) is 6.45. The molecule has 7 heteroatoms. The minimum atomic E-state index is -0.310. The van der Waals surface area contributed by atoms with Crippen molar-refractivity contribution in [3.63, 3.8) is 0 Å². The Balaban J connectivity index is 2.78. The largest absolute Gasteiger partial charge is 0.491 e. The number of benzene rings is 1. The average molecular weight is 308 g/mol. The minimum Gasteiger partial charge on any atom is -0.491 e. The molecule has 0 bridgehead atoms. The number of carbonyl (C=O) groups is 2. The standard InChI is InChI=1S/C15H24N4O3/c1-11(20)18-8-6-12-4-5-13(19-15(21)17-2)14(10-12)22-9-3-7-16/h4-5,10H,3,6-9,16H2,1-2H3,(H,18,20)(H2,17,19,21). The normalized spacial score (nSPS) is 9.95. The van der Waals surface area contributed by atoms with Crippen LogP contribution < -0.4 is 26.4 Å². The van der Waals surface area contributed by atoms with Crippen molar-refractivity contribution in [1.82, 2.24) is 10.6 Å². The Bertz CT molecular complexity index is 506. The van der Waals surface area contributed by atoms with E-state index in [-0.39, 0.29) is 11.9 Å². The summed E-state index contributed by atoms with van der Waals surface area (Å²) in [5.41, 5.74) is 7.07. The predicted octanol–water partition coefficient (Wildman–Crippen LogP) is 0.844. The second-order valence-corrected chi connectivity index (χ2v) is 4.76. The highest BCUT2D eigenvalue weighted by Gasteiger charge is 2.08. The van der Waals surface area contributed by atoms with Gasteiger partial charge in [-0.2, -0.15) is 0 Å². The molecule has 1 aromatic carbocycles. The molecular weight excluding hydrogens is 284 g/mol. The van der Waals surface area contributed by atoms with Crippen molar-refractivity contribution in [2.45, 2.75) is 19.8 Å². The van der Waals surface area contributed by atoms with Crippen LogP contribution in [-0.4, -0.2) is 38.7 Å². The maximum atomic E-state index is 11.5. The van der Waals surface area contributed by atoms with Crippen LogP contribution >= 0.6 is 0 Å². The molecule has 0 unspecified atom stereocenters. The maximum absolute atomic E-state index is 11.5. The highest BCUT2D eigenvalue weighted by molar-refractivity contribution is 5.90. The summed E-state index contributed by atoms with van der Waals surface area (Å²) >= 11 is 0. The maximum Gasteiger partial charge on any atom is 0.319 e. The summed E-state index contributed by atoms with van der Waals surface area (Å²) in [7, 11) is 1.55. The molecule has 0 heterocycles. The number of hydrogen-bond acceptors (Lipinski definition) is 4. The van der Waals surface area contributed by atoms with Crippen LogP contribution in [-0.2, 0) is 11.2 Å². The van der Waals surface area contributed by atoms with Gasteiger partial charge in [-0.1, -0.05) is 6.07 Å². The van der Waals surface area contributed by atoms with Gasteiger partial charge in [-0.3, -0.25) is 4.79 Å². The van der Waals surface area contributed by atoms with Gasteiger partial charge in [0.05, 0.1) is 12.3 Å². The fourth-order valence-corrected chi connectivity index (χ4v) is 1.78. The lowest BCUT2D eigenvalue weighted by Crippen LogP contribution is -2.25. The van der Waals surface area contributed by atoms with Gasteiger partial charge in [0.2, 0.25) is 5.91 Å². The lowest BCUT2D eigenvalue weighted by atomic mass is 10.1. The molecule has 0 saturated heterocycles. The van der Waals surface area contributed by atoms with Crippen LogP contribution in [0.5, 0.6) is 5.75 Å². The summed E-state index contributed by atoms with van der Waals surface area (Å²) in [6.45, 7) is 3.06. The van der Waals surface area contributed by atoms with Crippen LogP contribution in [0.3, 0.4) is 0 Å². The van der Waals surface area contributed by atoms with Crippen LogP contribution in [0.4, 0.5) is 10.5 Å². The van der Waals surface area contributed by atoms with Crippen LogP contribution in [0.25, 0.3) is 0 Å². The molecule has 1 rings (SSSR count). The second kappa shape index (κ2) is 9.62. The fraction of sp³-hybridized carbons (Fsp3) is 0.467. The Hall–Kier alpha value is -2.28. The van der Waals surface area contributed by atoms with Gasteiger partial charge in [0.25, 0.3) is 0 Å². The molecule has 1 aromatic rings. The first-order valence-electron chi connectivity index (χ1n) is 7.25. The van der Waals surface area contributed by atoms with Crippen LogP contribution in [0.2, 0.25) is 0 Å². The number of urea groups is 1. The Morgan fingerprint density at radius 3 is 2.73 bits per heavy atom. The van der Waals surface area contributed by atoms with Gasteiger partial charge in [0, 0.05) is 20.5 Å². The van der Waals surface area contributed by atoms with Gasteiger partial charge in [0.15, 0.2) is 0 Å². The highest BCUT2D eigenvalue weighted by atomic mass is 16.5. The second-order valence-electron chi connectivity index (χ2n) is 4.76. The number of nitrogens with one attached hydrogen (secondary N) is 3. The molecule has 0 spiro atoms. The topological polar surface area (TPSA) is 105 Å². The van der Waals surface area contributed by atoms with Gasteiger partial charge in [0.1, 0.15) is 5.75 Å². The van der Waals surface area contributed by atoms with E-state index in [1.165, 1.54) is 6.92 Å². The van der Waals surface area contributed by atoms with Crippen LogP contribution in [0.1, 0.15) is 18.9 Å². The quantitative estimate of drug-likeness (QED) is 0.534. The zero-order valence-corrected chi connectivity index (χ0v) is 13.1. The summed E-state index contributed by atoms with van der Waals surface area (Å²) in [4.78, 5) is 22.3. The zero-order valence-electron chi connectivity index (χ0n) is 13.1. The molecule has 0 atom stereocenters. The molecule has 0 saturated carbocycles. The number of hydrogen-bond donors (Lipinski definition) is 4. The molecule has 0 aliphatic carbocycles. The molecule has 122 valence electrons. The molecular formula is C15H24N4O3. The van der Waals surface area contributed by atoms with Crippen molar-refractivity contribution < 1.29 is 14.3 Å². The molecule has 0 aliphatic heterocycles. The van der Waals surface area contributed by atoms with E-state index in [0.29, 0.717) is 37.6 Å². The first-order chi connectivity index (χ1) is 10.6. The predicted molar refractivity (Wildman–Crippen MR) is 86.1 cm³/mol. The number of anilines is 1. The molecule has 0 aromatic heterocycles. The van der Waals surface area contributed by atoms with E-state index in [0.717, 1.165) is 12.0 Å². The van der Waals surface area contributed by atoms with Crippen molar-refractivity contribution in [3.05, 3.63) is 23.8 Å². The van der Waals surface area contributed by atoms with Crippen molar-refractivity contribution in [3.8, 4) is 5.75 Å². The smallest absolute Gasteiger partial charge is 0.319 e. The van der Waals surface area contributed by atoms with Crippen LogP contribution in [0.15, 0.2) is 18.2 Å². The molecule has 7 nitrogen and oxygen atoms in total. The van der Waals surface area contributed by atoms with Gasteiger partial charge in [-0.25, -0.2) is 4.79 Å². The summed E-state index contributed by atoms with van der Waals surface area (Å²) < 4.78 is 5.68. The first kappa shape index (κ1) is 17.8. The van der Waals surface area contributed by atoms with Gasteiger partial charge in [-0.05, 0) is 37.1 Å². The Labute approximate surface area is 130 Å². The summed E-state index contributed by atoms with van der Waals surface area (Å²) in [6, 6.07) is 5.23. The minimum absolute atomic E-state index is 0.0580. The molecule has 22 heavy (non-hydrogen) atoms. The van der Waals surface area contributed by atoms with E-state index in [1.807, 2.05) is 12.1 Å². The SMILES string of the molecule is CNC(=O)Nc1ccc(CCNC(C)=O)cc1OCCCN. The van der Waals surface area contributed by atoms with Gasteiger partial charge in [-0.15, -0.1) is 0 Å². The Kier molecular flexibility index (Phi) is 7.77. The van der Waals surface area contributed by atoms with E-state index in [2.05, 4.69) is 16.0 Å². The Morgan fingerprint density at radius 1 is 1.32 bits per heavy atom.